The number of alkyl halides is 2. The maximum absolute atomic E-state index is 12.4. The minimum Gasteiger partial charge on any atom is -0.389 e. The molecule has 13 heavy (non-hydrogen) atoms. The predicted octanol–water partition coefficient (Wildman–Crippen LogP) is 2.99. The van der Waals surface area contributed by atoms with E-state index in [4.69, 9.17) is 0 Å². The standard InChI is InChI=1S/C10H12F2O/c1-6-3-4-8(10(11)12)9(5-6)7(2)13/h3-5,7,10,13H,1-2H3. The van der Waals surface area contributed by atoms with Crippen LogP contribution in [0.3, 0.4) is 0 Å². The van der Waals surface area contributed by atoms with E-state index in [2.05, 4.69) is 0 Å². The van der Waals surface area contributed by atoms with Crippen LogP contribution in [0.4, 0.5) is 8.78 Å². The lowest BCUT2D eigenvalue weighted by molar-refractivity contribution is 0.140. The molecule has 1 unspecified atom stereocenters. The van der Waals surface area contributed by atoms with Crippen molar-refractivity contribution in [1.82, 2.24) is 0 Å². The molecule has 0 radical (unpaired) electrons. The molecule has 1 atom stereocenters. The Balaban J connectivity index is 3.19. The van der Waals surface area contributed by atoms with Crippen LogP contribution in [0.1, 0.15) is 36.1 Å². The second-order valence-corrected chi connectivity index (χ2v) is 3.11. The molecule has 1 N–H and O–H groups in total. The van der Waals surface area contributed by atoms with Crippen molar-refractivity contribution in [2.45, 2.75) is 26.4 Å². The van der Waals surface area contributed by atoms with Crippen molar-refractivity contribution < 1.29 is 13.9 Å². The van der Waals surface area contributed by atoms with Gasteiger partial charge in [0.1, 0.15) is 0 Å². The van der Waals surface area contributed by atoms with Gasteiger partial charge in [-0.05, 0) is 19.4 Å². The molecule has 0 bridgehead atoms. The summed E-state index contributed by atoms with van der Waals surface area (Å²) in [6.45, 7) is 3.29. The van der Waals surface area contributed by atoms with Gasteiger partial charge in [0.2, 0.25) is 0 Å². The fraction of sp³-hybridized carbons (Fsp3) is 0.400. The van der Waals surface area contributed by atoms with Crippen molar-refractivity contribution in [2.24, 2.45) is 0 Å². The summed E-state index contributed by atoms with van der Waals surface area (Å²) in [6, 6.07) is 4.57. The van der Waals surface area contributed by atoms with Crippen molar-refractivity contribution in [3.63, 3.8) is 0 Å². The van der Waals surface area contributed by atoms with Gasteiger partial charge in [0.25, 0.3) is 6.43 Å². The van der Waals surface area contributed by atoms with E-state index in [-0.39, 0.29) is 5.56 Å². The van der Waals surface area contributed by atoms with E-state index in [0.717, 1.165) is 5.56 Å². The van der Waals surface area contributed by atoms with Crippen molar-refractivity contribution in [2.75, 3.05) is 0 Å². The van der Waals surface area contributed by atoms with E-state index in [1.54, 1.807) is 19.1 Å². The molecule has 0 aliphatic heterocycles. The molecule has 0 heterocycles. The quantitative estimate of drug-likeness (QED) is 0.752. The third-order valence-corrected chi connectivity index (χ3v) is 1.93. The van der Waals surface area contributed by atoms with Crippen LogP contribution in [0, 0.1) is 6.92 Å². The monoisotopic (exact) mass is 186 g/mol. The maximum Gasteiger partial charge on any atom is 0.264 e. The third kappa shape index (κ3) is 2.25. The summed E-state index contributed by atoms with van der Waals surface area (Å²) < 4.78 is 24.8. The van der Waals surface area contributed by atoms with Crippen molar-refractivity contribution in [3.05, 3.63) is 34.9 Å². The van der Waals surface area contributed by atoms with E-state index >= 15 is 0 Å². The molecule has 0 aromatic heterocycles. The van der Waals surface area contributed by atoms with Gasteiger partial charge in [-0.2, -0.15) is 0 Å². The Bertz CT molecular complexity index is 295. The molecule has 3 heteroatoms. The van der Waals surface area contributed by atoms with Crippen LogP contribution in [0.2, 0.25) is 0 Å². The lowest BCUT2D eigenvalue weighted by Gasteiger charge is -2.11. The van der Waals surface area contributed by atoms with Gasteiger partial charge in [0.15, 0.2) is 0 Å². The summed E-state index contributed by atoms with van der Waals surface area (Å²) in [7, 11) is 0. The molecule has 0 fully saturated rings. The number of hydrogen-bond acceptors (Lipinski definition) is 1. The van der Waals surface area contributed by atoms with Crippen LogP contribution in [-0.2, 0) is 0 Å². The van der Waals surface area contributed by atoms with Crippen LogP contribution < -0.4 is 0 Å². The Morgan fingerprint density at radius 2 is 1.85 bits per heavy atom. The number of rotatable bonds is 2. The van der Waals surface area contributed by atoms with E-state index in [0.29, 0.717) is 5.56 Å². The lowest BCUT2D eigenvalue weighted by Crippen LogP contribution is -1.99. The molecule has 0 saturated heterocycles. The molecule has 0 aliphatic rings. The van der Waals surface area contributed by atoms with Crippen LogP contribution in [0.5, 0.6) is 0 Å². The molecule has 1 nitrogen and oxygen atoms in total. The molecule has 1 aromatic carbocycles. The van der Waals surface area contributed by atoms with Crippen LogP contribution in [-0.4, -0.2) is 5.11 Å². The number of hydrogen-bond donors (Lipinski definition) is 1. The highest BCUT2D eigenvalue weighted by Gasteiger charge is 2.15. The summed E-state index contributed by atoms with van der Waals surface area (Å²) in [5.74, 6) is 0. The fourth-order valence-corrected chi connectivity index (χ4v) is 1.25. The zero-order valence-corrected chi connectivity index (χ0v) is 7.59. The van der Waals surface area contributed by atoms with Gasteiger partial charge in [-0.25, -0.2) is 8.78 Å². The number of aryl methyl sites for hydroxylation is 1. The Labute approximate surface area is 76.0 Å². The molecule has 1 aromatic rings. The Morgan fingerprint density at radius 3 is 2.31 bits per heavy atom. The third-order valence-electron chi connectivity index (χ3n) is 1.93. The Kier molecular flexibility index (Phi) is 2.98. The van der Waals surface area contributed by atoms with E-state index in [1.165, 1.54) is 13.0 Å². The summed E-state index contributed by atoms with van der Waals surface area (Å²) in [4.78, 5) is 0. The van der Waals surface area contributed by atoms with Gasteiger partial charge < -0.3 is 5.11 Å². The number of aliphatic hydroxyl groups excluding tert-OH is 1. The summed E-state index contributed by atoms with van der Waals surface area (Å²) in [6.07, 6.45) is -3.37. The van der Waals surface area contributed by atoms with Crippen molar-refractivity contribution in [3.8, 4) is 0 Å². The second kappa shape index (κ2) is 3.83. The van der Waals surface area contributed by atoms with Gasteiger partial charge in [-0.15, -0.1) is 0 Å². The van der Waals surface area contributed by atoms with Gasteiger partial charge in [-0.3, -0.25) is 0 Å². The van der Waals surface area contributed by atoms with Crippen molar-refractivity contribution >= 4 is 0 Å². The first-order valence-electron chi connectivity index (χ1n) is 4.09. The average molecular weight is 186 g/mol. The minimum absolute atomic E-state index is 0.0828. The number of aliphatic hydroxyl groups is 1. The van der Waals surface area contributed by atoms with Gasteiger partial charge >= 0.3 is 0 Å². The molecule has 1 rings (SSSR count). The van der Waals surface area contributed by atoms with Gasteiger partial charge in [-0.1, -0.05) is 23.8 Å². The van der Waals surface area contributed by atoms with E-state index in [9.17, 15) is 13.9 Å². The molecular formula is C10H12F2O. The molecule has 72 valence electrons. The largest absolute Gasteiger partial charge is 0.389 e. The summed E-state index contributed by atoms with van der Waals surface area (Å²) >= 11 is 0. The highest BCUT2D eigenvalue weighted by molar-refractivity contribution is 5.33. The first kappa shape index (κ1) is 10.1. The van der Waals surface area contributed by atoms with Crippen molar-refractivity contribution in [1.29, 1.82) is 0 Å². The number of halogens is 2. The highest BCUT2D eigenvalue weighted by atomic mass is 19.3. The maximum atomic E-state index is 12.4. The molecule has 0 saturated carbocycles. The summed E-state index contributed by atoms with van der Waals surface area (Å²) in [5, 5.41) is 9.24. The Morgan fingerprint density at radius 1 is 1.23 bits per heavy atom. The SMILES string of the molecule is Cc1ccc(C(F)F)c(C(C)O)c1. The first-order valence-corrected chi connectivity index (χ1v) is 4.09. The lowest BCUT2D eigenvalue weighted by atomic mass is 10.0. The Hall–Kier alpha value is -0.960. The van der Waals surface area contributed by atoms with Gasteiger partial charge in [0.05, 0.1) is 6.10 Å². The predicted molar refractivity (Wildman–Crippen MR) is 46.8 cm³/mol. The van der Waals surface area contributed by atoms with Crippen LogP contribution in [0.15, 0.2) is 18.2 Å². The molecule has 0 amide bonds. The minimum atomic E-state index is -2.52. The molecule has 0 spiro atoms. The van der Waals surface area contributed by atoms with E-state index in [1.807, 2.05) is 0 Å². The number of benzene rings is 1. The zero-order chi connectivity index (χ0) is 10.0. The normalized spacial score (nSPS) is 13.4. The second-order valence-electron chi connectivity index (χ2n) is 3.11. The highest BCUT2D eigenvalue weighted by Crippen LogP contribution is 2.27. The summed E-state index contributed by atoms with van der Waals surface area (Å²) in [5.41, 5.74) is 1.11. The fourth-order valence-electron chi connectivity index (χ4n) is 1.25. The topological polar surface area (TPSA) is 20.2 Å². The van der Waals surface area contributed by atoms with Gasteiger partial charge in [0, 0.05) is 5.56 Å². The average Bonchev–Trinajstić information content (AvgIpc) is 2.03. The molecule has 0 aliphatic carbocycles. The van der Waals surface area contributed by atoms with Crippen LogP contribution in [0.25, 0.3) is 0 Å². The van der Waals surface area contributed by atoms with E-state index < -0.39 is 12.5 Å². The smallest absolute Gasteiger partial charge is 0.264 e. The van der Waals surface area contributed by atoms with Crippen LogP contribution >= 0.6 is 0 Å². The first-order chi connectivity index (χ1) is 6.02. The molecular weight excluding hydrogens is 174 g/mol. The zero-order valence-electron chi connectivity index (χ0n) is 7.59.